The third-order valence-corrected chi connectivity index (χ3v) is 7.48. The van der Waals surface area contributed by atoms with Crippen molar-refractivity contribution in [2.24, 2.45) is 5.92 Å². The molecule has 0 aliphatic heterocycles. The number of alkyl halides is 6. The number of amides is 1. The van der Waals surface area contributed by atoms with E-state index in [-0.39, 0.29) is 18.2 Å². The molecule has 0 bridgehead atoms. The van der Waals surface area contributed by atoms with E-state index in [2.05, 4.69) is 4.90 Å². The van der Waals surface area contributed by atoms with Crippen LogP contribution in [0.15, 0.2) is 48.5 Å². The minimum atomic E-state index is -5.00. The summed E-state index contributed by atoms with van der Waals surface area (Å²) in [4.78, 5) is 21.0. The fraction of sp³-hybridized carbons (Fsp3) is 0.467. The Labute approximate surface area is 235 Å². The van der Waals surface area contributed by atoms with Gasteiger partial charge in [0.25, 0.3) is 0 Å². The summed E-state index contributed by atoms with van der Waals surface area (Å²) in [5.74, 6) is 1.11. The average Bonchev–Trinajstić information content (AvgIpc) is 2.94. The van der Waals surface area contributed by atoms with E-state index in [1.165, 1.54) is 6.42 Å². The molecule has 0 unspecified atom stereocenters. The molecule has 1 saturated carbocycles. The Morgan fingerprint density at radius 2 is 1.56 bits per heavy atom. The van der Waals surface area contributed by atoms with Crippen molar-refractivity contribution in [1.82, 2.24) is 9.88 Å². The number of hydrogen-bond acceptors (Lipinski definition) is 4. The number of rotatable bonds is 8. The van der Waals surface area contributed by atoms with Crippen LogP contribution in [0.25, 0.3) is 10.9 Å². The maximum Gasteiger partial charge on any atom is 0.416 e. The maximum absolute atomic E-state index is 13.5. The molecule has 1 fully saturated rings. The molecule has 0 atom stereocenters. The lowest BCUT2D eigenvalue weighted by atomic mass is 9.89. The molecule has 0 N–H and O–H groups in total. The molecule has 2 aromatic carbocycles. The Morgan fingerprint density at radius 3 is 2.15 bits per heavy atom. The van der Waals surface area contributed by atoms with Crippen molar-refractivity contribution in [2.45, 2.75) is 64.5 Å². The molecule has 1 aliphatic rings. The van der Waals surface area contributed by atoms with Gasteiger partial charge in [0.1, 0.15) is 5.82 Å². The van der Waals surface area contributed by atoms with E-state index in [1.807, 2.05) is 37.3 Å². The first kappa shape index (κ1) is 30.5. The van der Waals surface area contributed by atoms with Gasteiger partial charge in [0.2, 0.25) is 0 Å². The van der Waals surface area contributed by atoms with Crippen LogP contribution in [0.5, 0.6) is 0 Å². The van der Waals surface area contributed by atoms with Crippen molar-refractivity contribution in [2.75, 3.05) is 25.1 Å². The van der Waals surface area contributed by atoms with Gasteiger partial charge in [-0.1, -0.05) is 37.5 Å². The Morgan fingerprint density at radius 1 is 0.927 bits per heavy atom. The Balaban J connectivity index is 1.74. The monoisotopic (exact) mass is 581 g/mol. The van der Waals surface area contributed by atoms with Gasteiger partial charge in [-0.3, -0.25) is 4.90 Å². The molecule has 1 aromatic heterocycles. The summed E-state index contributed by atoms with van der Waals surface area (Å²) in [6.45, 7) is 2.74. The lowest BCUT2D eigenvalue weighted by molar-refractivity contribution is -0.143. The van der Waals surface area contributed by atoms with Crippen LogP contribution in [-0.4, -0.2) is 36.2 Å². The summed E-state index contributed by atoms with van der Waals surface area (Å²) in [6.07, 6.45) is -5.15. The second-order valence-corrected chi connectivity index (χ2v) is 10.4. The first-order valence-corrected chi connectivity index (χ1v) is 13.6. The number of carbonyl (C=O) groups is 1. The first-order chi connectivity index (χ1) is 19.4. The number of halogens is 6. The highest BCUT2D eigenvalue weighted by molar-refractivity contribution is 5.82. The quantitative estimate of drug-likeness (QED) is 0.251. The molecule has 4 rings (SSSR count). The Bertz CT molecular complexity index is 1320. The van der Waals surface area contributed by atoms with Gasteiger partial charge in [-0.05, 0) is 61.6 Å². The van der Waals surface area contributed by atoms with Crippen molar-refractivity contribution in [1.29, 1.82) is 0 Å². The number of ether oxygens (including phenoxy) is 1. The lowest BCUT2D eigenvalue weighted by Gasteiger charge is -2.32. The molecular formula is C30H33F6N3O2. The van der Waals surface area contributed by atoms with Gasteiger partial charge in [0.05, 0.1) is 30.3 Å². The van der Waals surface area contributed by atoms with Crippen LogP contribution < -0.4 is 4.90 Å². The van der Waals surface area contributed by atoms with Crippen molar-refractivity contribution in [3.05, 3.63) is 70.8 Å². The number of fused-ring (bicyclic) bond motifs is 1. The minimum absolute atomic E-state index is 0.0712. The Kier molecular flexibility index (Phi) is 9.34. The topological polar surface area (TPSA) is 45.7 Å². The van der Waals surface area contributed by atoms with Gasteiger partial charge in [0, 0.05) is 30.6 Å². The molecule has 11 heteroatoms. The molecule has 41 heavy (non-hydrogen) atoms. The zero-order chi connectivity index (χ0) is 29.8. The number of methoxy groups -OCH3 is 1. The van der Waals surface area contributed by atoms with Crippen LogP contribution in [-0.2, 0) is 30.2 Å². The van der Waals surface area contributed by atoms with E-state index in [0.29, 0.717) is 36.0 Å². The smallest absolute Gasteiger partial charge is 0.416 e. The summed E-state index contributed by atoms with van der Waals surface area (Å²) < 4.78 is 85.8. The zero-order valence-corrected chi connectivity index (χ0v) is 23.0. The normalized spacial score (nSPS) is 14.7. The highest BCUT2D eigenvalue weighted by atomic mass is 19.4. The Hall–Kier alpha value is -3.50. The molecule has 1 amide bonds. The van der Waals surface area contributed by atoms with E-state index < -0.39 is 36.1 Å². The molecular weight excluding hydrogens is 548 g/mol. The zero-order valence-electron chi connectivity index (χ0n) is 23.0. The number of carbonyl (C=O) groups excluding carboxylic acids is 1. The van der Waals surface area contributed by atoms with Crippen LogP contribution >= 0.6 is 0 Å². The predicted octanol–water partition coefficient (Wildman–Crippen LogP) is 8.45. The molecule has 1 heterocycles. The molecule has 0 radical (unpaired) electrons. The highest BCUT2D eigenvalue weighted by Gasteiger charge is 2.37. The summed E-state index contributed by atoms with van der Waals surface area (Å²) in [5.41, 5.74) is -1.84. The number of anilines is 1. The lowest BCUT2D eigenvalue weighted by Crippen LogP contribution is -2.34. The SMILES string of the molecule is CCN(CC1CCCCC1)c1nc2ccccc2cc1CN(Cc1cc(C(F)(F)F)cc(C(F)(F)F)c1)C(=O)OC. The summed E-state index contributed by atoms with van der Waals surface area (Å²) in [7, 11) is 1.11. The number of aromatic nitrogens is 1. The number of benzene rings is 2. The third kappa shape index (κ3) is 7.62. The summed E-state index contributed by atoms with van der Waals surface area (Å²) in [6, 6.07) is 10.6. The maximum atomic E-state index is 13.5. The van der Waals surface area contributed by atoms with E-state index in [1.54, 1.807) is 0 Å². The largest absolute Gasteiger partial charge is 0.453 e. The minimum Gasteiger partial charge on any atom is -0.453 e. The van der Waals surface area contributed by atoms with Gasteiger partial charge < -0.3 is 9.64 Å². The standard InChI is InChI=1S/C30H33F6N3O2/c1-3-38(17-20-9-5-4-6-10-20)27-23(15-22-11-7-8-12-26(22)37-27)19-39(28(40)41-2)18-21-13-24(29(31,32)33)16-25(14-21)30(34,35)36/h7-8,11-16,20H,3-6,9-10,17-19H2,1-2H3. The van der Waals surface area contributed by atoms with E-state index in [0.717, 1.165) is 55.1 Å². The van der Waals surface area contributed by atoms with Crippen molar-refractivity contribution in [3.63, 3.8) is 0 Å². The van der Waals surface area contributed by atoms with Gasteiger partial charge in [-0.2, -0.15) is 26.3 Å². The first-order valence-electron chi connectivity index (χ1n) is 13.6. The number of pyridine rings is 1. The van der Waals surface area contributed by atoms with Crippen LogP contribution in [0, 0.1) is 5.92 Å². The van der Waals surface area contributed by atoms with Gasteiger partial charge >= 0.3 is 18.4 Å². The second-order valence-electron chi connectivity index (χ2n) is 10.4. The van der Waals surface area contributed by atoms with Gasteiger partial charge in [0.15, 0.2) is 0 Å². The second kappa shape index (κ2) is 12.6. The third-order valence-electron chi connectivity index (χ3n) is 7.48. The highest BCUT2D eigenvalue weighted by Crippen LogP contribution is 2.37. The van der Waals surface area contributed by atoms with Gasteiger partial charge in [-0.25, -0.2) is 9.78 Å². The molecule has 3 aromatic rings. The van der Waals surface area contributed by atoms with Gasteiger partial charge in [-0.15, -0.1) is 0 Å². The van der Waals surface area contributed by atoms with Crippen molar-refractivity contribution < 1.29 is 35.9 Å². The van der Waals surface area contributed by atoms with E-state index in [4.69, 9.17) is 9.72 Å². The van der Waals surface area contributed by atoms with Crippen LogP contribution in [0.4, 0.5) is 37.0 Å². The molecule has 5 nitrogen and oxygen atoms in total. The molecule has 0 saturated heterocycles. The van der Waals surface area contributed by atoms with Crippen molar-refractivity contribution >= 4 is 22.8 Å². The average molecular weight is 582 g/mol. The summed E-state index contributed by atoms with van der Waals surface area (Å²) in [5, 5.41) is 0.795. The molecule has 222 valence electrons. The number of nitrogens with zero attached hydrogens (tertiary/aromatic N) is 3. The number of para-hydroxylation sites is 1. The molecule has 0 spiro atoms. The fourth-order valence-electron chi connectivity index (χ4n) is 5.44. The predicted molar refractivity (Wildman–Crippen MR) is 144 cm³/mol. The van der Waals surface area contributed by atoms with Crippen molar-refractivity contribution in [3.8, 4) is 0 Å². The fourth-order valence-corrected chi connectivity index (χ4v) is 5.44. The number of hydrogen-bond donors (Lipinski definition) is 0. The van der Waals surface area contributed by atoms with Crippen LogP contribution in [0.3, 0.4) is 0 Å². The van der Waals surface area contributed by atoms with Crippen LogP contribution in [0.2, 0.25) is 0 Å². The summed E-state index contributed by atoms with van der Waals surface area (Å²) >= 11 is 0. The van der Waals surface area contributed by atoms with E-state index in [9.17, 15) is 31.1 Å². The van der Waals surface area contributed by atoms with Crippen LogP contribution in [0.1, 0.15) is 61.3 Å². The molecule has 1 aliphatic carbocycles. The van der Waals surface area contributed by atoms with E-state index >= 15 is 0 Å².